The predicted octanol–water partition coefficient (Wildman–Crippen LogP) is 1.17. The first kappa shape index (κ1) is 14.8. The van der Waals surface area contributed by atoms with Gasteiger partial charge in [-0.15, -0.1) is 0 Å². The van der Waals surface area contributed by atoms with Gasteiger partial charge in [-0.2, -0.15) is 0 Å². The van der Waals surface area contributed by atoms with Crippen LogP contribution in [0, 0.1) is 0 Å². The quantitative estimate of drug-likeness (QED) is 0.810. The minimum atomic E-state index is -0.191. The molecule has 1 aromatic carbocycles. The summed E-state index contributed by atoms with van der Waals surface area (Å²) in [5, 5.41) is 5.27. The minimum Gasteiger partial charge on any atom is -0.497 e. The monoisotopic (exact) mass is 266 g/mol. The number of ether oxygens (including phenoxy) is 2. The Morgan fingerprint density at radius 2 is 1.68 bits per heavy atom. The van der Waals surface area contributed by atoms with E-state index in [2.05, 4.69) is 10.6 Å². The molecule has 1 aromatic rings. The summed E-state index contributed by atoms with van der Waals surface area (Å²) in [7, 11) is 3.08. The number of hydrogen-bond donors (Lipinski definition) is 2. The Kier molecular flexibility index (Phi) is 5.66. The van der Waals surface area contributed by atoms with Crippen molar-refractivity contribution >= 4 is 17.5 Å². The average molecular weight is 266 g/mol. The van der Waals surface area contributed by atoms with Gasteiger partial charge in [-0.3, -0.25) is 9.59 Å². The third-order valence-electron chi connectivity index (χ3n) is 2.36. The topological polar surface area (TPSA) is 76.7 Å². The fraction of sp³-hybridized carbons (Fsp3) is 0.385. The van der Waals surface area contributed by atoms with Crippen LogP contribution in [0.1, 0.15) is 13.3 Å². The number of nitrogens with one attached hydrogen (secondary N) is 2. The highest BCUT2D eigenvalue weighted by atomic mass is 16.5. The molecule has 0 aliphatic carbocycles. The Bertz CT molecular complexity index is 438. The Labute approximate surface area is 112 Å². The predicted molar refractivity (Wildman–Crippen MR) is 71.5 cm³/mol. The van der Waals surface area contributed by atoms with E-state index < -0.39 is 0 Å². The molecule has 6 heteroatoms. The first-order valence-electron chi connectivity index (χ1n) is 5.82. The van der Waals surface area contributed by atoms with Crippen molar-refractivity contribution < 1.29 is 19.1 Å². The van der Waals surface area contributed by atoms with Crippen molar-refractivity contribution in [3.63, 3.8) is 0 Å². The number of amides is 2. The molecule has 2 N–H and O–H groups in total. The number of rotatable bonds is 6. The highest BCUT2D eigenvalue weighted by Crippen LogP contribution is 2.25. The van der Waals surface area contributed by atoms with Crippen LogP contribution in [0.15, 0.2) is 18.2 Å². The molecule has 0 unspecified atom stereocenters. The lowest BCUT2D eigenvalue weighted by molar-refractivity contribution is -0.119. The van der Waals surface area contributed by atoms with Gasteiger partial charge in [0, 0.05) is 43.8 Å². The van der Waals surface area contributed by atoms with Crippen molar-refractivity contribution in [2.75, 3.05) is 26.1 Å². The first-order chi connectivity index (χ1) is 9.05. The molecule has 1 rings (SSSR count). The van der Waals surface area contributed by atoms with Gasteiger partial charge in [-0.25, -0.2) is 0 Å². The molecule has 0 aliphatic heterocycles. The molecule has 0 radical (unpaired) electrons. The summed E-state index contributed by atoms with van der Waals surface area (Å²) in [5.41, 5.74) is 0.587. The van der Waals surface area contributed by atoms with Crippen LogP contribution >= 0.6 is 0 Å². The van der Waals surface area contributed by atoms with Crippen LogP contribution in [0.25, 0.3) is 0 Å². The molecular weight excluding hydrogens is 248 g/mol. The largest absolute Gasteiger partial charge is 0.497 e. The van der Waals surface area contributed by atoms with E-state index in [4.69, 9.17) is 9.47 Å². The zero-order valence-electron chi connectivity index (χ0n) is 11.3. The lowest BCUT2D eigenvalue weighted by Crippen LogP contribution is -2.25. The van der Waals surface area contributed by atoms with Gasteiger partial charge in [-0.05, 0) is 0 Å². The summed E-state index contributed by atoms with van der Waals surface area (Å²) in [6.07, 6.45) is 0.207. The van der Waals surface area contributed by atoms with Gasteiger partial charge in [-0.1, -0.05) is 0 Å². The molecular formula is C13H18N2O4. The second-order valence-electron chi connectivity index (χ2n) is 3.88. The molecule has 6 nitrogen and oxygen atoms in total. The number of carbonyl (C=O) groups excluding carboxylic acids is 2. The summed E-state index contributed by atoms with van der Waals surface area (Å²) in [6, 6.07) is 5.10. The highest BCUT2D eigenvalue weighted by Gasteiger charge is 2.06. The van der Waals surface area contributed by atoms with E-state index in [0.29, 0.717) is 23.7 Å². The summed E-state index contributed by atoms with van der Waals surface area (Å²) >= 11 is 0. The summed E-state index contributed by atoms with van der Waals surface area (Å²) in [6.45, 7) is 1.72. The van der Waals surface area contributed by atoms with Crippen molar-refractivity contribution in [3.8, 4) is 11.5 Å². The number of methoxy groups -OCH3 is 2. The summed E-state index contributed by atoms with van der Waals surface area (Å²) < 4.78 is 10.2. The molecule has 0 bridgehead atoms. The molecule has 0 fully saturated rings. The Hall–Kier alpha value is -2.24. The molecule has 2 amide bonds. The van der Waals surface area contributed by atoms with E-state index in [1.807, 2.05) is 0 Å². The van der Waals surface area contributed by atoms with Crippen LogP contribution in [0.5, 0.6) is 11.5 Å². The first-order valence-corrected chi connectivity index (χ1v) is 5.82. The molecule has 0 heterocycles. The lowest BCUT2D eigenvalue weighted by Gasteiger charge is -2.10. The van der Waals surface area contributed by atoms with E-state index in [-0.39, 0.29) is 18.2 Å². The van der Waals surface area contributed by atoms with Crippen LogP contribution in [0.3, 0.4) is 0 Å². The fourth-order valence-electron chi connectivity index (χ4n) is 1.46. The van der Waals surface area contributed by atoms with Crippen molar-refractivity contribution in [2.24, 2.45) is 0 Å². The van der Waals surface area contributed by atoms with Gasteiger partial charge >= 0.3 is 0 Å². The maximum absolute atomic E-state index is 11.6. The maximum Gasteiger partial charge on any atom is 0.226 e. The van der Waals surface area contributed by atoms with Gasteiger partial charge in [0.1, 0.15) is 11.5 Å². The zero-order chi connectivity index (χ0) is 14.3. The molecule has 0 aromatic heterocycles. The third kappa shape index (κ3) is 5.29. The molecule has 0 spiro atoms. The fourth-order valence-corrected chi connectivity index (χ4v) is 1.46. The van der Waals surface area contributed by atoms with Crippen LogP contribution in [0.2, 0.25) is 0 Å². The molecule has 0 aliphatic rings. The average Bonchev–Trinajstić information content (AvgIpc) is 2.37. The molecule has 104 valence electrons. The van der Waals surface area contributed by atoms with Gasteiger partial charge in [0.2, 0.25) is 11.8 Å². The summed E-state index contributed by atoms with van der Waals surface area (Å²) in [5.74, 6) is 0.841. The van der Waals surface area contributed by atoms with Gasteiger partial charge in [0.25, 0.3) is 0 Å². The van der Waals surface area contributed by atoms with Crippen LogP contribution in [-0.4, -0.2) is 32.6 Å². The minimum absolute atomic E-state index is 0.157. The number of hydrogen-bond acceptors (Lipinski definition) is 4. The molecule has 0 saturated carbocycles. The number of benzene rings is 1. The van der Waals surface area contributed by atoms with Crippen molar-refractivity contribution in [2.45, 2.75) is 13.3 Å². The standard InChI is InChI=1S/C13H18N2O4/c1-9(16)14-5-4-13(17)15-10-6-11(18-2)8-12(7-10)19-3/h6-8H,4-5H2,1-3H3,(H,14,16)(H,15,17). The summed E-state index contributed by atoms with van der Waals surface area (Å²) in [4.78, 5) is 22.3. The molecule has 0 atom stereocenters. The molecule has 19 heavy (non-hydrogen) atoms. The van der Waals surface area contributed by atoms with E-state index >= 15 is 0 Å². The van der Waals surface area contributed by atoms with Gasteiger partial charge < -0.3 is 20.1 Å². The highest BCUT2D eigenvalue weighted by molar-refractivity contribution is 5.91. The van der Waals surface area contributed by atoms with E-state index in [1.54, 1.807) is 18.2 Å². The SMILES string of the molecule is COc1cc(NC(=O)CCNC(C)=O)cc(OC)c1. The zero-order valence-corrected chi connectivity index (χ0v) is 11.3. The van der Waals surface area contributed by atoms with Crippen LogP contribution in [-0.2, 0) is 9.59 Å². The lowest BCUT2D eigenvalue weighted by atomic mass is 10.2. The Balaban J connectivity index is 2.60. The third-order valence-corrected chi connectivity index (χ3v) is 2.36. The second kappa shape index (κ2) is 7.25. The van der Waals surface area contributed by atoms with E-state index in [0.717, 1.165) is 0 Å². The normalized spacial score (nSPS) is 9.63. The molecule has 0 saturated heterocycles. The van der Waals surface area contributed by atoms with Crippen LogP contribution < -0.4 is 20.1 Å². The smallest absolute Gasteiger partial charge is 0.226 e. The van der Waals surface area contributed by atoms with Crippen molar-refractivity contribution in [3.05, 3.63) is 18.2 Å². The van der Waals surface area contributed by atoms with Crippen molar-refractivity contribution in [1.82, 2.24) is 5.32 Å². The number of carbonyl (C=O) groups is 2. The van der Waals surface area contributed by atoms with E-state index in [1.165, 1.54) is 21.1 Å². The van der Waals surface area contributed by atoms with Crippen molar-refractivity contribution in [1.29, 1.82) is 0 Å². The Morgan fingerprint density at radius 1 is 1.11 bits per heavy atom. The van der Waals surface area contributed by atoms with Gasteiger partial charge in [0.15, 0.2) is 0 Å². The maximum atomic E-state index is 11.6. The Morgan fingerprint density at radius 3 is 2.16 bits per heavy atom. The number of anilines is 1. The second-order valence-corrected chi connectivity index (χ2v) is 3.88. The van der Waals surface area contributed by atoms with E-state index in [9.17, 15) is 9.59 Å². The van der Waals surface area contributed by atoms with Gasteiger partial charge in [0.05, 0.1) is 14.2 Å². The van der Waals surface area contributed by atoms with Crippen LogP contribution in [0.4, 0.5) is 5.69 Å².